The SMILES string of the molecule is Cc1cccc(OCC2c3ccsc3CCN2C(=O)CN(CC(O)COc2ccccc2)C2CC2)c1. The Balaban J connectivity index is 1.22. The molecule has 5 rings (SSSR count). The minimum absolute atomic E-state index is 0.0905. The maximum atomic E-state index is 13.6. The molecule has 190 valence electrons. The van der Waals surface area contributed by atoms with Crippen molar-refractivity contribution in [3.05, 3.63) is 82.0 Å². The van der Waals surface area contributed by atoms with E-state index in [0.29, 0.717) is 32.3 Å². The molecule has 1 amide bonds. The van der Waals surface area contributed by atoms with Crippen LogP contribution in [0.5, 0.6) is 11.5 Å². The maximum Gasteiger partial charge on any atom is 0.237 e. The van der Waals surface area contributed by atoms with E-state index in [9.17, 15) is 9.90 Å². The Kier molecular flexibility index (Phi) is 7.90. The number of fused-ring (bicyclic) bond motifs is 1. The van der Waals surface area contributed by atoms with Crippen LogP contribution in [0.15, 0.2) is 66.0 Å². The molecule has 1 aliphatic carbocycles. The monoisotopic (exact) mass is 506 g/mol. The Morgan fingerprint density at radius 3 is 2.69 bits per heavy atom. The lowest BCUT2D eigenvalue weighted by atomic mass is 10.0. The largest absolute Gasteiger partial charge is 0.491 e. The van der Waals surface area contributed by atoms with Crippen LogP contribution < -0.4 is 9.47 Å². The topological polar surface area (TPSA) is 62.2 Å². The Morgan fingerprint density at radius 2 is 1.92 bits per heavy atom. The Labute approximate surface area is 217 Å². The van der Waals surface area contributed by atoms with Crippen LogP contribution in [0, 0.1) is 6.92 Å². The predicted octanol–water partition coefficient (Wildman–Crippen LogP) is 4.47. The molecule has 0 radical (unpaired) electrons. The number of nitrogens with zero attached hydrogens (tertiary/aromatic N) is 2. The van der Waals surface area contributed by atoms with Gasteiger partial charge in [0.2, 0.25) is 5.91 Å². The van der Waals surface area contributed by atoms with Crippen molar-refractivity contribution in [2.24, 2.45) is 0 Å². The van der Waals surface area contributed by atoms with E-state index in [1.807, 2.05) is 66.4 Å². The molecular weight excluding hydrogens is 472 g/mol. The summed E-state index contributed by atoms with van der Waals surface area (Å²) >= 11 is 1.76. The second-order valence-electron chi connectivity index (χ2n) is 9.72. The van der Waals surface area contributed by atoms with Crippen LogP contribution in [0.4, 0.5) is 0 Å². The molecule has 1 aromatic heterocycles. The zero-order valence-corrected chi connectivity index (χ0v) is 21.5. The molecule has 7 heteroatoms. The molecule has 36 heavy (non-hydrogen) atoms. The highest BCUT2D eigenvalue weighted by molar-refractivity contribution is 7.10. The molecule has 2 atom stereocenters. The van der Waals surface area contributed by atoms with Crippen molar-refractivity contribution in [3.8, 4) is 11.5 Å². The molecule has 0 bridgehead atoms. The molecule has 6 nitrogen and oxygen atoms in total. The number of benzene rings is 2. The summed E-state index contributed by atoms with van der Waals surface area (Å²) in [5.41, 5.74) is 2.34. The maximum absolute atomic E-state index is 13.6. The lowest BCUT2D eigenvalue weighted by Crippen LogP contribution is -2.48. The zero-order chi connectivity index (χ0) is 24.9. The number of thiophene rings is 1. The number of carbonyl (C=O) groups excluding carboxylic acids is 1. The first-order valence-electron chi connectivity index (χ1n) is 12.7. The lowest BCUT2D eigenvalue weighted by Gasteiger charge is -2.37. The fourth-order valence-corrected chi connectivity index (χ4v) is 5.76. The summed E-state index contributed by atoms with van der Waals surface area (Å²) in [5.74, 6) is 1.65. The number of aliphatic hydroxyl groups is 1. The zero-order valence-electron chi connectivity index (χ0n) is 20.7. The number of aliphatic hydroxyl groups excluding tert-OH is 1. The van der Waals surface area contributed by atoms with Gasteiger partial charge in [0, 0.05) is 24.0 Å². The van der Waals surface area contributed by atoms with E-state index in [1.54, 1.807) is 11.3 Å². The molecule has 0 saturated heterocycles. The molecule has 2 heterocycles. The lowest BCUT2D eigenvalue weighted by molar-refractivity contribution is -0.136. The second-order valence-corrected chi connectivity index (χ2v) is 10.7. The highest BCUT2D eigenvalue weighted by Crippen LogP contribution is 2.35. The smallest absolute Gasteiger partial charge is 0.237 e. The number of ether oxygens (including phenoxy) is 2. The van der Waals surface area contributed by atoms with Crippen molar-refractivity contribution in [2.75, 3.05) is 32.8 Å². The normalized spacial score (nSPS) is 18.1. The quantitative estimate of drug-likeness (QED) is 0.416. The minimum atomic E-state index is -0.663. The molecule has 2 unspecified atom stereocenters. The molecule has 2 aliphatic rings. The predicted molar refractivity (Wildman–Crippen MR) is 142 cm³/mol. The van der Waals surface area contributed by atoms with Crippen molar-refractivity contribution in [1.82, 2.24) is 9.80 Å². The third-order valence-corrected chi connectivity index (χ3v) is 7.84. The number of rotatable bonds is 11. The van der Waals surface area contributed by atoms with Crippen LogP contribution in [0.2, 0.25) is 0 Å². The average molecular weight is 507 g/mol. The fourth-order valence-electron chi connectivity index (χ4n) is 4.83. The Hall–Kier alpha value is -2.87. The summed E-state index contributed by atoms with van der Waals surface area (Å²) in [6, 6.07) is 19.9. The van der Waals surface area contributed by atoms with Gasteiger partial charge >= 0.3 is 0 Å². The van der Waals surface area contributed by atoms with Gasteiger partial charge in [0.05, 0.1) is 12.6 Å². The summed E-state index contributed by atoms with van der Waals surface area (Å²) in [4.78, 5) is 19.1. The number of aryl methyl sites for hydroxylation is 1. The molecule has 3 aromatic rings. The molecule has 1 aliphatic heterocycles. The van der Waals surface area contributed by atoms with Crippen LogP contribution in [-0.4, -0.2) is 65.8 Å². The number of amides is 1. The molecular formula is C29H34N2O4S. The van der Waals surface area contributed by atoms with Gasteiger partial charge in [-0.2, -0.15) is 0 Å². The molecule has 0 spiro atoms. The van der Waals surface area contributed by atoms with Crippen molar-refractivity contribution in [3.63, 3.8) is 0 Å². The van der Waals surface area contributed by atoms with Crippen LogP contribution in [0.25, 0.3) is 0 Å². The first-order chi connectivity index (χ1) is 17.6. The van der Waals surface area contributed by atoms with Crippen molar-refractivity contribution in [1.29, 1.82) is 0 Å². The van der Waals surface area contributed by atoms with Gasteiger partial charge in [-0.1, -0.05) is 30.3 Å². The van der Waals surface area contributed by atoms with Gasteiger partial charge in [-0.15, -0.1) is 11.3 Å². The van der Waals surface area contributed by atoms with Crippen LogP contribution in [0.1, 0.15) is 34.9 Å². The Bertz CT molecular complexity index is 1150. The van der Waals surface area contributed by atoms with Crippen LogP contribution in [0.3, 0.4) is 0 Å². The molecule has 1 saturated carbocycles. The van der Waals surface area contributed by atoms with Gasteiger partial charge in [-0.3, -0.25) is 9.69 Å². The fraction of sp³-hybridized carbons (Fsp3) is 0.414. The minimum Gasteiger partial charge on any atom is -0.491 e. The van der Waals surface area contributed by atoms with E-state index in [1.165, 1.54) is 10.4 Å². The average Bonchev–Trinajstić information content (AvgIpc) is 3.62. The first-order valence-corrected chi connectivity index (χ1v) is 13.6. The van der Waals surface area contributed by atoms with Gasteiger partial charge in [0.1, 0.15) is 30.8 Å². The van der Waals surface area contributed by atoms with E-state index in [4.69, 9.17) is 9.47 Å². The summed E-state index contributed by atoms with van der Waals surface area (Å²) in [6.07, 6.45) is 2.34. The highest BCUT2D eigenvalue weighted by atomic mass is 32.1. The van der Waals surface area contributed by atoms with E-state index < -0.39 is 6.10 Å². The molecule has 1 fully saturated rings. The Morgan fingerprint density at radius 1 is 1.11 bits per heavy atom. The molecule has 1 N–H and O–H groups in total. The number of carbonyl (C=O) groups is 1. The van der Waals surface area contributed by atoms with E-state index >= 15 is 0 Å². The van der Waals surface area contributed by atoms with Gasteiger partial charge in [0.25, 0.3) is 0 Å². The summed E-state index contributed by atoms with van der Waals surface area (Å²) in [5, 5.41) is 12.8. The van der Waals surface area contributed by atoms with Crippen LogP contribution in [-0.2, 0) is 11.2 Å². The van der Waals surface area contributed by atoms with Crippen molar-refractivity contribution in [2.45, 2.75) is 44.4 Å². The summed E-state index contributed by atoms with van der Waals surface area (Å²) in [6.45, 7) is 4.09. The van der Waals surface area contributed by atoms with Gasteiger partial charge in [-0.25, -0.2) is 0 Å². The number of para-hydroxylation sites is 1. The van der Waals surface area contributed by atoms with E-state index in [0.717, 1.165) is 36.3 Å². The third-order valence-electron chi connectivity index (χ3n) is 6.85. The highest BCUT2D eigenvalue weighted by Gasteiger charge is 2.36. The number of hydrogen-bond acceptors (Lipinski definition) is 6. The third kappa shape index (κ3) is 6.27. The number of hydrogen-bond donors (Lipinski definition) is 1. The van der Waals surface area contributed by atoms with Crippen molar-refractivity contribution < 1.29 is 19.4 Å². The first kappa shape index (κ1) is 24.8. The van der Waals surface area contributed by atoms with E-state index in [2.05, 4.69) is 16.3 Å². The van der Waals surface area contributed by atoms with Gasteiger partial charge in [0.15, 0.2) is 0 Å². The summed E-state index contributed by atoms with van der Waals surface area (Å²) < 4.78 is 11.9. The standard InChI is InChI=1S/C29H34N2O4S/c1-21-6-5-9-25(16-21)35-20-27-26-13-15-36-28(26)12-14-31(27)29(33)18-30(22-10-11-22)17-23(32)19-34-24-7-3-2-4-8-24/h2-9,13,15-16,22-23,27,32H,10-12,14,17-20H2,1H3. The molecule has 2 aromatic carbocycles. The van der Waals surface area contributed by atoms with E-state index in [-0.39, 0.29) is 18.6 Å². The van der Waals surface area contributed by atoms with Gasteiger partial charge in [-0.05, 0) is 73.0 Å². The summed E-state index contributed by atoms with van der Waals surface area (Å²) in [7, 11) is 0. The second kappa shape index (κ2) is 11.5. The van der Waals surface area contributed by atoms with Crippen molar-refractivity contribution >= 4 is 17.2 Å². The van der Waals surface area contributed by atoms with Crippen LogP contribution >= 0.6 is 11.3 Å². The van der Waals surface area contributed by atoms with Gasteiger partial charge < -0.3 is 19.5 Å².